The molecule has 2 fully saturated rings. The summed E-state index contributed by atoms with van der Waals surface area (Å²) in [6.07, 6.45) is -5.20. The Morgan fingerprint density at radius 1 is 1.08 bits per heavy atom. The number of alkyl halides is 3. The average molecular weight is 551 g/mol. The van der Waals surface area contributed by atoms with E-state index in [9.17, 15) is 26.4 Å². The molecule has 0 aromatic heterocycles. The van der Waals surface area contributed by atoms with Crippen LogP contribution in [0.2, 0.25) is 0 Å². The van der Waals surface area contributed by atoms with Gasteiger partial charge in [0, 0.05) is 23.5 Å². The first kappa shape index (κ1) is 26.7. The molecule has 0 saturated carbocycles. The van der Waals surface area contributed by atoms with E-state index in [1.165, 1.54) is 7.11 Å². The maximum Gasteiger partial charge on any atom is 0.523 e. The van der Waals surface area contributed by atoms with Crippen molar-refractivity contribution in [3.8, 4) is 5.75 Å². The molecule has 6 atom stereocenters. The van der Waals surface area contributed by atoms with Crippen LogP contribution in [0.15, 0.2) is 59.5 Å². The van der Waals surface area contributed by atoms with Gasteiger partial charge in [-0.05, 0) is 17.0 Å². The van der Waals surface area contributed by atoms with Crippen LogP contribution >= 0.6 is 10.9 Å². The number of ether oxygens (including phenoxy) is 4. The van der Waals surface area contributed by atoms with E-state index >= 15 is 0 Å². The number of benzene rings is 2. The molecule has 2 aliphatic heterocycles. The predicted molar refractivity (Wildman–Crippen MR) is 124 cm³/mol. The minimum absolute atomic E-state index is 0.0701. The third kappa shape index (κ3) is 5.65. The van der Waals surface area contributed by atoms with E-state index in [2.05, 4.69) is 0 Å². The first-order valence-corrected chi connectivity index (χ1v) is 13.9. The lowest BCUT2D eigenvalue weighted by Crippen LogP contribution is -2.59. The summed E-state index contributed by atoms with van der Waals surface area (Å²) in [4.78, 5) is 12.7. The Morgan fingerprint density at radius 2 is 1.75 bits per heavy atom. The molecular formula is C23H25F3O8S2. The first-order chi connectivity index (χ1) is 17.0. The number of halogens is 3. The minimum Gasteiger partial charge on any atom is -0.497 e. The van der Waals surface area contributed by atoms with Crippen molar-refractivity contribution in [2.24, 2.45) is 0 Å². The van der Waals surface area contributed by atoms with Crippen molar-refractivity contribution in [1.82, 2.24) is 0 Å². The molecule has 2 aliphatic rings. The molecule has 0 bridgehead atoms. The van der Waals surface area contributed by atoms with Crippen LogP contribution in [-0.2, 0) is 33.3 Å². The molecule has 36 heavy (non-hydrogen) atoms. The van der Waals surface area contributed by atoms with Gasteiger partial charge in [0.2, 0.25) is 0 Å². The highest BCUT2D eigenvalue weighted by atomic mass is 32.2. The van der Waals surface area contributed by atoms with Gasteiger partial charge in [-0.3, -0.25) is 8.98 Å². The van der Waals surface area contributed by atoms with Gasteiger partial charge in [-0.15, -0.1) is 0 Å². The standard InChI is InChI=1S/C23H25F3O8S2/c1-14(27)32-18-13-35(17-6-4-3-5-7-17)19-12-31-22(15-8-10-16(30-2)11-9-15)33-21(19)20(18)34-36(28,29)23(24,25)26/h3-11,18-22,35H,12-13H2,1-2H3/t18-,19+,20-,21+,22?/m0/s1. The summed E-state index contributed by atoms with van der Waals surface area (Å²) < 4.78 is 91.0. The summed E-state index contributed by atoms with van der Waals surface area (Å²) in [6, 6.07) is 15.8. The van der Waals surface area contributed by atoms with Crippen molar-refractivity contribution in [3.63, 3.8) is 0 Å². The lowest BCUT2D eigenvalue weighted by Gasteiger charge is -2.50. The molecule has 0 N–H and O–H groups in total. The van der Waals surface area contributed by atoms with Crippen LogP contribution in [0.1, 0.15) is 18.8 Å². The van der Waals surface area contributed by atoms with Crippen molar-refractivity contribution in [3.05, 3.63) is 60.2 Å². The van der Waals surface area contributed by atoms with Crippen LogP contribution in [0.4, 0.5) is 13.2 Å². The fourth-order valence-corrected chi connectivity index (χ4v) is 7.83. The number of hydrogen-bond donors (Lipinski definition) is 1. The molecule has 8 nitrogen and oxygen atoms in total. The van der Waals surface area contributed by atoms with E-state index in [0.717, 1.165) is 11.8 Å². The number of thiol groups is 1. The number of esters is 1. The van der Waals surface area contributed by atoms with Crippen molar-refractivity contribution < 1.29 is 49.5 Å². The van der Waals surface area contributed by atoms with E-state index in [0.29, 0.717) is 11.3 Å². The molecule has 198 valence electrons. The van der Waals surface area contributed by atoms with Crippen LogP contribution in [0, 0.1) is 0 Å². The zero-order valence-corrected chi connectivity index (χ0v) is 21.0. The van der Waals surface area contributed by atoms with E-state index in [4.69, 9.17) is 23.1 Å². The number of carbonyl (C=O) groups excluding carboxylic acids is 1. The number of carbonyl (C=O) groups is 1. The minimum atomic E-state index is -6.01. The first-order valence-electron chi connectivity index (χ1n) is 10.9. The monoisotopic (exact) mass is 550 g/mol. The molecule has 0 amide bonds. The summed E-state index contributed by atoms with van der Waals surface area (Å²) in [5, 5.41) is -0.517. The van der Waals surface area contributed by atoms with E-state index < -0.39 is 62.3 Å². The van der Waals surface area contributed by atoms with Gasteiger partial charge < -0.3 is 18.9 Å². The number of methoxy groups -OCH3 is 1. The summed E-state index contributed by atoms with van der Waals surface area (Å²) in [6.45, 7) is 1.16. The smallest absolute Gasteiger partial charge is 0.497 e. The highest BCUT2D eigenvalue weighted by molar-refractivity contribution is 8.17. The average Bonchev–Trinajstić information content (AvgIpc) is 2.84. The maximum absolute atomic E-state index is 13.3. The van der Waals surface area contributed by atoms with Crippen LogP contribution in [-0.4, -0.2) is 62.9 Å². The Labute approximate surface area is 209 Å². The lowest BCUT2D eigenvalue weighted by atomic mass is 10.0. The second-order valence-electron chi connectivity index (χ2n) is 8.20. The van der Waals surface area contributed by atoms with E-state index in [1.807, 2.05) is 30.3 Å². The number of fused-ring (bicyclic) bond motifs is 1. The molecule has 2 saturated heterocycles. The fourth-order valence-electron chi connectivity index (χ4n) is 4.25. The van der Waals surface area contributed by atoms with Crippen LogP contribution in [0.5, 0.6) is 5.75 Å². The Morgan fingerprint density at radius 3 is 2.33 bits per heavy atom. The largest absolute Gasteiger partial charge is 0.523 e. The molecule has 2 unspecified atom stereocenters. The second kappa shape index (κ2) is 10.6. The van der Waals surface area contributed by atoms with Crippen LogP contribution < -0.4 is 4.74 Å². The third-order valence-corrected chi connectivity index (χ3v) is 9.86. The Bertz CT molecular complexity index is 1160. The highest BCUT2D eigenvalue weighted by Crippen LogP contribution is 2.52. The van der Waals surface area contributed by atoms with E-state index in [-0.39, 0.29) is 12.4 Å². The molecule has 0 radical (unpaired) electrons. The number of hydrogen-bond acceptors (Lipinski definition) is 8. The summed E-state index contributed by atoms with van der Waals surface area (Å²) in [5.41, 5.74) is -5.11. The van der Waals surface area contributed by atoms with Gasteiger partial charge in [-0.2, -0.15) is 21.6 Å². The Hall–Kier alpha value is -2.32. The molecule has 13 heteroatoms. The summed E-state index contributed by atoms with van der Waals surface area (Å²) in [7, 11) is -5.70. The van der Waals surface area contributed by atoms with Gasteiger partial charge in [-0.25, -0.2) is 10.9 Å². The van der Waals surface area contributed by atoms with Crippen LogP contribution in [0.25, 0.3) is 0 Å². The van der Waals surface area contributed by atoms with Crippen molar-refractivity contribution in [1.29, 1.82) is 0 Å². The molecule has 2 aromatic rings. The predicted octanol–water partition coefficient (Wildman–Crippen LogP) is 3.72. The third-order valence-electron chi connectivity index (χ3n) is 5.86. The Balaban J connectivity index is 1.73. The number of rotatable bonds is 6. The van der Waals surface area contributed by atoms with Gasteiger partial charge in [0.25, 0.3) is 0 Å². The molecule has 2 heterocycles. The summed E-state index contributed by atoms with van der Waals surface area (Å²) >= 11 is 0. The zero-order valence-electron chi connectivity index (χ0n) is 19.3. The second-order valence-corrected chi connectivity index (χ2v) is 12.3. The normalized spacial score (nSPS) is 29.7. The van der Waals surface area contributed by atoms with Gasteiger partial charge in [0.1, 0.15) is 24.1 Å². The van der Waals surface area contributed by atoms with Crippen LogP contribution in [0.3, 0.4) is 0 Å². The van der Waals surface area contributed by atoms with Gasteiger partial charge in [0.05, 0.1) is 13.7 Å². The van der Waals surface area contributed by atoms with Crippen molar-refractivity contribution >= 4 is 27.0 Å². The molecule has 4 rings (SSSR count). The molecular weight excluding hydrogens is 525 g/mol. The fraction of sp³-hybridized carbons (Fsp3) is 0.435. The van der Waals surface area contributed by atoms with Crippen molar-refractivity contribution in [2.45, 2.75) is 47.2 Å². The van der Waals surface area contributed by atoms with Gasteiger partial charge >= 0.3 is 21.6 Å². The molecule has 0 aliphatic carbocycles. The van der Waals surface area contributed by atoms with E-state index in [1.54, 1.807) is 24.3 Å². The van der Waals surface area contributed by atoms with Crippen molar-refractivity contribution in [2.75, 3.05) is 19.5 Å². The quantitative estimate of drug-likeness (QED) is 0.252. The lowest BCUT2D eigenvalue weighted by molar-refractivity contribution is -0.243. The Kier molecular flexibility index (Phi) is 7.86. The molecule has 2 aromatic carbocycles. The zero-order chi connectivity index (χ0) is 26.1. The topological polar surface area (TPSA) is 97.4 Å². The van der Waals surface area contributed by atoms with Gasteiger partial charge in [0.15, 0.2) is 6.29 Å². The van der Waals surface area contributed by atoms with Gasteiger partial charge in [-0.1, -0.05) is 42.5 Å². The summed E-state index contributed by atoms with van der Waals surface area (Å²) in [5.74, 6) is -0.124. The highest BCUT2D eigenvalue weighted by Gasteiger charge is 2.56. The maximum atomic E-state index is 13.3. The SMILES string of the molecule is COc1ccc(C2OC[C@@H]3[C@@H](O2)[C@@H](OS(=O)(=O)C(F)(F)F)[C@@H](OC(C)=O)C[SH]3c2ccccc2)cc1. The molecule has 0 spiro atoms.